The van der Waals surface area contributed by atoms with Crippen molar-refractivity contribution in [1.82, 2.24) is 0 Å². The van der Waals surface area contributed by atoms with Crippen molar-refractivity contribution in [2.45, 2.75) is 52.7 Å². The maximum atomic E-state index is 12.3. The van der Waals surface area contributed by atoms with Gasteiger partial charge in [-0.3, -0.25) is 9.59 Å². The molecule has 0 saturated carbocycles. The van der Waals surface area contributed by atoms with Crippen LogP contribution in [0.3, 0.4) is 0 Å². The molecule has 0 fully saturated rings. The summed E-state index contributed by atoms with van der Waals surface area (Å²) < 4.78 is 5.35. The fraction of sp³-hybridized carbons (Fsp3) is 0.750. The number of aliphatic hydroxyl groups excluding tert-OH is 2. The lowest BCUT2D eigenvalue weighted by Gasteiger charge is -2.35. The van der Waals surface area contributed by atoms with Crippen LogP contribution in [-0.2, 0) is 14.3 Å². The van der Waals surface area contributed by atoms with Gasteiger partial charge in [0.25, 0.3) is 0 Å². The van der Waals surface area contributed by atoms with Crippen molar-refractivity contribution in [3.8, 4) is 0 Å². The van der Waals surface area contributed by atoms with Crippen LogP contribution in [0.25, 0.3) is 0 Å². The van der Waals surface area contributed by atoms with Crippen LogP contribution in [0.5, 0.6) is 0 Å². The highest BCUT2D eigenvalue weighted by molar-refractivity contribution is 6.01. The summed E-state index contributed by atoms with van der Waals surface area (Å²) in [7, 11) is 0. The van der Waals surface area contributed by atoms with Crippen LogP contribution in [-0.4, -0.2) is 40.8 Å². The first-order valence-electron chi connectivity index (χ1n) is 7.55. The number of esters is 1. The van der Waals surface area contributed by atoms with Crippen molar-refractivity contribution in [2.75, 3.05) is 6.61 Å². The molecule has 0 aromatic heterocycles. The monoisotopic (exact) mass is 298 g/mol. The summed E-state index contributed by atoms with van der Waals surface area (Å²) in [6.07, 6.45) is 0.562. The molecule has 5 heteroatoms. The van der Waals surface area contributed by atoms with Gasteiger partial charge in [-0.1, -0.05) is 34.1 Å². The number of Topliss-reactive ketones (excluding diaryl/α,β-unsaturated/α-hetero) is 1. The number of hydrogen-bond donors (Lipinski definition) is 2. The van der Waals surface area contributed by atoms with Gasteiger partial charge in [0.2, 0.25) is 5.78 Å². The van der Waals surface area contributed by atoms with Gasteiger partial charge in [-0.15, -0.1) is 0 Å². The van der Waals surface area contributed by atoms with Crippen LogP contribution in [0.1, 0.15) is 40.5 Å². The van der Waals surface area contributed by atoms with Gasteiger partial charge in [-0.05, 0) is 17.9 Å². The summed E-state index contributed by atoms with van der Waals surface area (Å²) in [6.45, 7) is 7.21. The first kappa shape index (κ1) is 17.9. The Morgan fingerprint density at radius 1 is 1.38 bits per heavy atom. The minimum Gasteiger partial charge on any atom is -0.454 e. The van der Waals surface area contributed by atoms with E-state index in [2.05, 4.69) is 0 Å². The molecule has 4 atom stereocenters. The van der Waals surface area contributed by atoms with Crippen molar-refractivity contribution in [3.63, 3.8) is 0 Å². The van der Waals surface area contributed by atoms with Gasteiger partial charge in [-0.25, -0.2) is 0 Å². The Bertz CT molecular complexity index is 413. The lowest BCUT2D eigenvalue weighted by atomic mass is 9.77. The van der Waals surface area contributed by atoms with Crippen LogP contribution in [0.2, 0.25) is 0 Å². The summed E-state index contributed by atoms with van der Waals surface area (Å²) >= 11 is 0. The zero-order valence-corrected chi connectivity index (χ0v) is 13.2. The summed E-state index contributed by atoms with van der Waals surface area (Å²) in [5, 5.41) is 19.3. The molecule has 0 saturated heterocycles. The Kier molecular flexibility index (Phi) is 6.55. The van der Waals surface area contributed by atoms with Crippen LogP contribution in [0, 0.1) is 17.8 Å². The lowest BCUT2D eigenvalue weighted by molar-refractivity contribution is -0.162. The second-order valence-corrected chi connectivity index (χ2v) is 6.15. The fourth-order valence-corrected chi connectivity index (χ4v) is 2.56. The van der Waals surface area contributed by atoms with Gasteiger partial charge in [0.15, 0.2) is 6.10 Å². The SMILES string of the molecule is CC[C@H](C)CC(=O)O[C@@H]1C(=O)C(CO)=C[C@@H](O)[C@@H]1C(C)C. The zero-order valence-electron chi connectivity index (χ0n) is 13.2. The molecule has 1 rings (SSSR count). The molecule has 0 heterocycles. The molecule has 120 valence electrons. The van der Waals surface area contributed by atoms with E-state index < -0.39 is 36.5 Å². The van der Waals surface area contributed by atoms with Crippen molar-refractivity contribution >= 4 is 11.8 Å². The maximum absolute atomic E-state index is 12.3. The molecular weight excluding hydrogens is 272 g/mol. The van der Waals surface area contributed by atoms with E-state index in [4.69, 9.17) is 4.74 Å². The highest BCUT2D eigenvalue weighted by Crippen LogP contribution is 2.30. The molecule has 0 aromatic carbocycles. The molecule has 21 heavy (non-hydrogen) atoms. The molecule has 0 amide bonds. The smallest absolute Gasteiger partial charge is 0.306 e. The zero-order chi connectivity index (χ0) is 16.2. The maximum Gasteiger partial charge on any atom is 0.306 e. The van der Waals surface area contributed by atoms with E-state index >= 15 is 0 Å². The van der Waals surface area contributed by atoms with Gasteiger partial charge in [-0.2, -0.15) is 0 Å². The molecule has 0 bridgehead atoms. The number of ether oxygens (including phenoxy) is 1. The topological polar surface area (TPSA) is 83.8 Å². The van der Waals surface area contributed by atoms with Gasteiger partial charge >= 0.3 is 5.97 Å². The van der Waals surface area contributed by atoms with Gasteiger partial charge in [0.1, 0.15) is 0 Å². The lowest BCUT2D eigenvalue weighted by Crippen LogP contribution is -2.47. The Morgan fingerprint density at radius 2 is 2.00 bits per heavy atom. The second-order valence-electron chi connectivity index (χ2n) is 6.15. The van der Waals surface area contributed by atoms with Crippen LogP contribution < -0.4 is 0 Å². The molecule has 0 spiro atoms. The van der Waals surface area contributed by atoms with Gasteiger partial charge in [0, 0.05) is 17.9 Å². The summed E-state index contributed by atoms with van der Waals surface area (Å²) in [5.74, 6) is -1.15. The van der Waals surface area contributed by atoms with Crippen molar-refractivity contribution < 1.29 is 24.5 Å². The molecule has 0 unspecified atom stereocenters. The van der Waals surface area contributed by atoms with Crippen molar-refractivity contribution in [3.05, 3.63) is 11.6 Å². The molecule has 0 radical (unpaired) electrons. The molecule has 0 aliphatic heterocycles. The molecule has 0 aromatic rings. The molecular formula is C16H26O5. The van der Waals surface area contributed by atoms with Crippen molar-refractivity contribution in [1.29, 1.82) is 0 Å². The highest BCUT2D eigenvalue weighted by atomic mass is 16.5. The van der Waals surface area contributed by atoms with Crippen LogP contribution in [0.4, 0.5) is 0 Å². The van der Waals surface area contributed by atoms with E-state index in [0.29, 0.717) is 0 Å². The number of hydrogen-bond acceptors (Lipinski definition) is 5. The predicted molar refractivity (Wildman–Crippen MR) is 78.5 cm³/mol. The van der Waals surface area contributed by atoms with E-state index in [1.807, 2.05) is 27.7 Å². The third kappa shape index (κ3) is 4.38. The first-order chi connectivity index (χ1) is 9.81. The van der Waals surface area contributed by atoms with E-state index in [0.717, 1.165) is 6.42 Å². The molecule has 2 N–H and O–H groups in total. The second kappa shape index (κ2) is 7.71. The van der Waals surface area contributed by atoms with E-state index in [1.54, 1.807) is 0 Å². The van der Waals surface area contributed by atoms with E-state index in [1.165, 1.54) is 6.08 Å². The number of carbonyl (C=O) groups is 2. The minimum atomic E-state index is -1.01. The Hall–Kier alpha value is -1.20. The van der Waals surface area contributed by atoms with Crippen molar-refractivity contribution in [2.24, 2.45) is 17.8 Å². The largest absolute Gasteiger partial charge is 0.454 e. The summed E-state index contributed by atoms with van der Waals surface area (Å²) in [6, 6.07) is 0. The number of rotatable bonds is 6. The van der Waals surface area contributed by atoms with Gasteiger partial charge < -0.3 is 14.9 Å². The molecule has 1 aliphatic carbocycles. The normalized spacial score (nSPS) is 27.5. The minimum absolute atomic E-state index is 0.0261. The third-order valence-corrected chi connectivity index (χ3v) is 4.10. The van der Waals surface area contributed by atoms with E-state index in [9.17, 15) is 19.8 Å². The molecule has 1 aliphatic rings. The summed E-state index contributed by atoms with van der Waals surface area (Å²) in [5.41, 5.74) is 0.112. The van der Waals surface area contributed by atoms with Crippen LogP contribution >= 0.6 is 0 Å². The standard InChI is InChI=1S/C16H26O5/c1-5-10(4)6-13(19)21-16-14(9(2)3)12(18)7-11(8-17)15(16)20/h7,9-10,12,14,16-18H,5-6,8H2,1-4H3/t10-,12+,14-,16-/m0/s1. The predicted octanol–water partition coefficient (Wildman–Crippen LogP) is 1.47. The Labute approximate surface area is 126 Å². The average Bonchev–Trinajstić information content (AvgIpc) is 2.41. The number of aliphatic hydroxyl groups is 2. The van der Waals surface area contributed by atoms with Crippen LogP contribution in [0.15, 0.2) is 11.6 Å². The Balaban J connectivity index is 2.91. The highest BCUT2D eigenvalue weighted by Gasteiger charge is 2.42. The number of carbonyl (C=O) groups excluding carboxylic acids is 2. The molecule has 5 nitrogen and oxygen atoms in total. The van der Waals surface area contributed by atoms with Gasteiger partial charge in [0.05, 0.1) is 12.7 Å². The fourth-order valence-electron chi connectivity index (χ4n) is 2.56. The van der Waals surface area contributed by atoms with E-state index in [-0.39, 0.29) is 23.8 Å². The first-order valence-corrected chi connectivity index (χ1v) is 7.55. The summed E-state index contributed by atoms with van der Waals surface area (Å²) in [4.78, 5) is 24.2. The Morgan fingerprint density at radius 3 is 2.48 bits per heavy atom. The quantitative estimate of drug-likeness (QED) is 0.725. The third-order valence-electron chi connectivity index (χ3n) is 4.10. The average molecular weight is 298 g/mol. The number of ketones is 1.